The van der Waals surface area contributed by atoms with Crippen LogP contribution in [0.2, 0.25) is 0 Å². The first-order chi connectivity index (χ1) is 28.2. The number of allylic oxidation sites excluding steroid dienone is 2. The molecule has 0 unspecified atom stereocenters. The summed E-state index contributed by atoms with van der Waals surface area (Å²) in [6.07, 6.45) is 12.3. The topological polar surface area (TPSA) is 63.1 Å². The van der Waals surface area contributed by atoms with Crippen LogP contribution in [0, 0.1) is 58.1 Å². The Hall–Kier alpha value is -4.44. The summed E-state index contributed by atoms with van der Waals surface area (Å²) in [7, 11) is 0. The molecule has 0 saturated heterocycles. The average molecular weight is 966 g/mol. The molecule has 4 aromatic carbocycles. The number of aliphatic hydroxyl groups is 1. The van der Waals surface area contributed by atoms with Crippen molar-refractivity contribution in [2.24, 2.45) is 11.3 Å². The van der Waals surface area contributed by atoms with Crippen molar-refractivity contribution in [3.8, 4) is 22.5 Å². The number of hydrogen-bond donors (Lipinski definition) is 1. The number of aliphatic hydroxyl groups excluding tert-OH is 1. The molecule has 0 amide bonds. The molecule has 2 aromatic heterocycles. The Bertz CT molecular complexity index is 2380. The number of carbonyl (C=O) groups excluding carboxylic acids is 1. The number of aromatic nitrogens is 2. The van der Waals surface area contributed by atoms with E-state index in [4.69, 9.17) is 1.37 Å². The molecule has 0 atom stereocenters. The third-order valence-corrected chi connectivity index (χ3v) is 12.1. The van der Waals surface area contributed by atoms with Gasteiger partial charge in [-0.3, -0.25) is 4.79 Å². The van der Waals surface area contributed by atoms with Crippen LogP contribution >= 0.6 is 0 Å². The van der Waals surface area contributed by atoms with Gasteiger partial charge in [0, 0.05) is 49.9 Å². The maximum Gasteiger partial charge on any atom is 0.162 e. The minimum atomic E-state index is -0.248. The standard InChI is InChI=1S/C22H22N.C18H16N.C14H26O2.Ir/c1-15-11-16(2)13-20(12-15)22-21-8-7-18(17-5-3-4-6-17)14-19(21)9-10-23-22;1-12-4-5-17-15(9-12)6-7-19-18(17)16-10-13(2)8-14(3)11-16;1-6-11(7-2)12(15)10-13(16)14(5,8-3)9-4;/h7-12,14,17H,3-6H2,1-2H3;4-10H,1-3H3;10-11,16H,6-9H2,1-5H3;/q2*-1;;/b;;13-10-;/i10D;;;. The third-order valence-electron chi connectivity index (χ3n) is 12.1. The van der Waals surface area contributed by atoms with E-state index in [0.29, 0.717) is 12.1 Å². The van der Waals surface area contributed by atoms with E-state index in [1.54, 1.807) is 0 Å². The van der Waals surface area contributed by atoms with Crippen LogP contribution in [0.5, 0.6) is 0 Å². The molecule has 7 rings (SSSR count). The Morgan fingerprint density at radius 2 is 1.31 bits per heavy atom. The van der Waals surface area contributed by atoms with Gasteiger partial charge in [-0.1, -0.05) is 117 Å². The summed E-state index contributed by atoms with van der Waals surface area (Å²) < 4.78 is 8.13. The zero-order chi connectivity index (χ0) is 42.9. The van der Waals surface area contributed by atoms with Gasteiger partial charge in [-0.05, 0) is 102 Å². The van der Waals surface area contributed by atoms with Crippen LogP contribution in [0.15, 0.2) is 97.0 Å². The third kappa shape index (κ3) is 12.1. The van der Waals surface area contributed by atoms with Crippen LogP contribution in [0.1, 0.15) is 127 Å². The molecule has 1 radical (unpaired) electrons. The maximum atomic E-state index is 11.9. The fourth-order valence-electron chi connectivity index (χ4n) is 8.15. The second-order valence-corrected chi connectivity index (χ2v) is 16.7. The molecule has 6 aromatic rings. The van der Waals surface area contributed by atoms with Crippen molar-refractivity contribution in [2.45, 2.75) is 127 Å². The Morgan fingerprint density at radius 3 is 1.85 bits per heavy atom. The number of benzene rings is 4. The second-order valence-electron chi connectivity index (χ2n) is 16.7. The van der Waals surface area contributed by atoms with E-state index in [2.05, 4.69) is 123 Å². The molecule has 2 heterocycles. The molecule has 1 aliphatic carbocycles. The summed E-state index contributed by atoms with van der Waals surface area (Å²) in [4.78, 5) is 20.9. The fourth-order valence-corrected chi connectivity index (χ4v) is 8.15. The molecule has 5 heteroatoms. The molecule has 1 N–H and O–H groups in total. The molecule has 0 spiro atoms. The van der Waals surface area contributed by atoms with Gasteiger partial charge in [0.05, 0.1) is 1.37 Å². The molecule has 0 aliphatic heterocycles. The van der Waals surface area contributed by atoms with Gasteiger partial charge in [-0.2, -0.15) is 0 Å². The number of rotatable bonds is 10. The van der Waals surface area contributed by atoms with Crippen LogP contribution in [-0.2, 0) is 24.9 Å². The molecule has 1 fully saturated rings. The molecule has 1 aliphatic rings. The van der Waals surface area contributed by atoms with Gasteiger partial charge in [0.15, 0.2) is 5.78 Å². The molecule has 4 nitrogen and oxygen atoms in total. The van der Waals surface area contributed by atoms with Crippen molar-refractivity contribution >= 4 is 27.3 Å². The first-order valence-electron chi connectivity index (χ1n) is 21.9. The van der Waals surface area contributed by atoms with Crippen LogP contribution in [-0.4, -0.2) is 20.9 Å². The number of nitrogens with zero attached hydrogens (tertiary/aromatic N) is 2. The van der Waals surface area contributed by atoms with Gasteiger partial charge in [-0.15, -0.1) is 69.8 Å². The molecule has 1 saturated carbocycles. The number of pyridine rings is 2. The van der Waals surface area contributed by atoms with Crippen molar-refractivity contribution in [3.05, 3.63) is 143 Å². The summed E-state index contributed by atoms with van der Waals surface area (Å²) in [5.74, 6) is 1.05. The molecular formula is C54H64IrN2O2-2. The van der Waals surface area contributed by atoms with Gasteiger partial charge in [-0.25, -0.2) is 0 Å². The minimum absolute atomic E-state index is 0. The van der Waals surface area contributed by atoms with Crippen molar-refractivity contribution in [2.75, 3.05) is 0 Å². The number of ketones is 1. The average Bonchev–Trinajstić information content (AvgIpc) is 3.75. The Morgan fingerprint density at radius 1 is 0.763 bits per heavy atom. The molecule has 0 bridgehead atoms. The Labute approximate surface area is 369 Å². The SMILES string of the molecule is CCC(CC)C(=O)/C=C(\O)C(C)(CC)CC.Cc1[c-]c(-c2nccc3cc(C)ccc23)cc(C)c1.[2H]c1cc2cc(C3CCCC3)ccc2c(-c2[c-]c(C)cc(C)c2)n1.[Ir]. The van der Waals surface area contributed by atoms with Gasteiger partial charge in [0.1, 0.15) is 5.76 Å². The Kier molecular flexibility index (Phi) is 16.8. The van der Waals surface area contributed by atoms with E-state index in [9.17, 15) is 9.90 Å². The normalized spacial score (nSPS) is 13.3. The van der Waals surface area contributed by atoms with Crippen molar-refractivity contribution < 1.29 is 31.4 Å². The first kappa shape index (κ1) is 45.6. The summed E-state index contributed by atoms with van der Waals surface area (Å²) in [5.41, 5.74) is 11.1. The van der Waals surface area contributed by atoms with E-state index in [1.165, 1.54) is 64.8 Å². The monoisotopic (exact) mass is 966 g/mol. The van der Waals surface area contributed by atoms with Crippen LogP contribution in [0.4, 0.5) is 0 Å². The number of aryl methyl sites for hydroxylation is 5. The van der Waals surface area contributed by atoms with E-state index in [1.807, 2.05) is 46.9 Å². The Balaban J connectivity index is 0.000000202. The van der Waals surface area contributed by atoms with Crippen molar-refractivity contribution in [3.63, 3.8) is 0 Å². The maximum absolute atomic E-state index is 11.9. The molecular weight excluding hydrogens is 901 g/mol. The first-order valence-corrected chi connectivity index (χ1v) is 21.4. The van der Waals surface area contributed by atoms with E-state index < -0.39 is 0 Å². The second kappa shape index (κ2) is 21.7. The fraction of sp³-hybridized carbons (Fsp3) is 0.389. The summed E-state index contributed by atoms with van der Waals surface area (Å²) in [6.45, 7) is 20.5. The van der Waals surface area contributed by atoms with Gasteiger partial charge < -0.3 is 15.1 Å². The van der Waals surface area contributed by atoms with Gasteiger partial charge >= 0.3 is 0 Å². The molecule has 59 heavy (non-hydrogen) atoms. The summed E-state index contributed by atoms with van der Waals surface area (Å²) in [5, 5.41) is 14.7. The van der Waals surface area contributed by atoms with Crippen molar-refractivity contribution in [1.82, 2.24) is 9.97 Å². The predicted molar refractivity (Wildman–Crippen MR) is 245 cm³/mol. The smallest absolute Gasteiger partial charge is 0.162 e. The minimum Gasteiger partial charge on any atom is -0.512 e. The molecule has 313 valence electrons. The van der Waals surface area contributed by atoms with Gasteiger partial charge in [0.25, 0.3) is 0 Å². The van der Waals surface area contributed by atoms with Crippen LogP contribution < -0.4 is 0 Å². The summed E-state index contributed by atoms with van der Waals surface area (Å²) in [6, 6.07) is 32.5. The zero-order valence-electron chi connectivity index (χ0n) is 38.0. The van der Waals surface area contributed by atoms with Crippen molar-refractivity contribution in [1.29, 1.82) is 0 Å². The summed E-state index contributed by atoms with van der Waals surface area (Å²) >= 11 is 0. The van der Waals surface area contributed by atoms with E-state index in [-0.39, 0.29) is 43.0 Å². The van der Waals surface area contributed by atoms with E-state index >= 15 is 0 Å². The number of fused-ring (bicyclic) bond motifs is 2. The van der Waals surface area contributed by atoms with Crippen LogP contribution in [0.3, 0.4) is 0 Å². The van der Waals surface area contributed by atoms with Crippen LogP contribution in [0.25, 0.3) is 44.1 Å². The van der Waals surface area contributed by atoms with Gasteiger partial charge in [0.2, 0.25) is 0 Å². The van der Waals surface area contributed by atoms with E-state index in [0.717, 1.165) is 70.1 Å². The zero-order valence-corrected chi connectivity index (χ0v) is 39.4. The largest absolute Gasteiger partial charge is 0.512 e. The number of carbonyl (C=O) groups is 1. The predicted octanol–water partition coefficient (Wildman–Crippen LogP) is 14.9. The quantitative estimate of drug-likeness (QED) is 0.0844. The number of hydrogen-bond acceptors (Lipinski definition) is 4.